The lowest BCUT2D eigenvalue weighted by atomic mass is 10.1. The number of nitrogens with zero attached hydrogens (tertiary/aromatic N) is 3. The van der Waals surface area contributed by atoms with Crippen LogP contribution in [0.5, 0.6) is 11.5 Å². The first-order chi connectivity index (χ1) is 16.5. The average Bonchev–Trinajstić information content (AvgIpc) is 3.42. The van der Waals surface area contributed by atoms with Crippen LogP contribution in [-0.2, 0) is 11.3 Å². The molecule has 0 N–H and O–H groups in total. The van der Waals surface area contributed by atoms with Crippen molar-refractivity contribution in [3.63, 3.8) is 0 Å². The minimum absolute atomic E-state index is 0.0130. The summed E-state index contributed by atoms with van der Waals surface area (Å²) in [7, 11) is 1.64. The number of hydrogen-bond donors (Lipinski definition) is 0. The number of carbonyl (C=O) groups is 1. The van der Waals surface area contributed by atoms with Gasteiger partial charge in [-0.15, -0.1) is 0 Å². The van der Waals surface area contributed by atoms with E-state index in [-0.39, 0.29) is 11.8 Å². The molecule has 1 fully saturated rings. The molecule has 34 heavy (non-hydrogen) atoms. The van der Waals surface area contributed by atoms with Gasteiger partial charge in [-0.1, -0.05) is 29.8 Å². The first kappa shape index (κ1) is 22.3. The molecule has 0 bridgehead atoms. The van der Waals surface area contributed by atoms with E-state index in [1.54, 1.807) is 7.11 Å². The highest BCUT2D eigenvalue weighted by atomic mass is 35.5. The Kier molecular flexibility index (Phi) is 6.16. The number of para-hydroxylation sites is 2. The highest BCUT2D eigenvalue weighted by Gasteiger charge is 2.35. The van der Waals surface area contributed by atoms with Gasteiger partial charge in [0.2, 0.25) is 5.91 Å². The summed E-state index contributed by atoms with van der Waals surface area (Å²) < 4.78 is 13.4. The number of ether oxygens (including phenoxy) is 2. The molecule has 0 saturated carbocycles. The predicted octanol–water partition coefficient (Wildman–Crippen LogP) is 5.61. The van der Waals surface area contributed by atoms with Crippen molar-refractivity contribution < 1.29 is 14.3 Å². The predicted molar refractivity (Wildman–Crippen MR) is 134 cm³/mol. The molecule has 6 nitrogen and oxygen atoms in total. The Balaban J connectivity index is 1.38. The number of aryl methyl sites for hydroxylation is 1. The van der Waals surface area contributed by atoms with Crippen molar-refractivity contribution in [2.24, 2.45) is 0 Å². The van der Waals surface area contributed by atoms with Crippen molar-refractivity contribution in [1.82, 2.24) is 9.55 Å². The molecule has 0 radical (unpaired) electrons. The minimum atomic E-state index is -0.0130. The summed E-state index contributed by atoms with van der Waals surface area (Å²) in [5.74, 6) is 2.55. The standard InChI is InChI=1S/C27H26ClN3O3/c1-18-7-8-20(16-23(18)28)31-17-19(15-26(31)32)27-29-24-5-3-4-6-25(24)30(27)13-14-34-22-11-9-21(33-2)10-12-22/h3-12,16,19H,13-15,17H2,1-2H3/t19-/m0/s1. The number of methoxy groups -OCH3 is 1. The van der Waals surface area contributed by atoms with Crippen LogP contribution in [0.1, 0.15) is 23.7 Å². The number of anilines is 1. The van der Waals surface area contributed by atoms with Crippen LogP contribution in [0.15, 0.2) is 66.7 Å². The third-order valence-corrected chi connectivity index (χ3v) is 6.69. The van der Waals surface area contributed by atoms with Gasteiger partial charge in [0.05, 0.1) is 24.7 Å². The largest absolute Gasteiger partial charge is 0.497 e. The van der Waals surface area contributed by atoms with E-state index in [4.69, 9.17) is 26.1 Å². The molecule has 1 aliphatic rings. The lowest BCUT2D eigenvalue weighted by molar-refractivity contribution is -0.117. The maximum Gasteiger partial charge on any atom is 0.227 e. The summed E-state index contributed by atoms with van der Waals surface area (Å²) in [4.78, 5) is 19.7. The van der Waals surface area contributed by atoms with Crippen molar-refractivity contribution in [3.8, 4) is 11.5 Å². The zero-order valence-corrected chi connectivity index (χ0v) is 20.0. The number of aromatic nitrogens is 2. The number of benzene rings is 3. The minimum Gasteiger partial charge on any atom is -0.497 e. The molecule has 174 valence electrons. The molecule has 1 aromatic heterocycles. The topological polar surface area (TPSA) is 56.6 Å². The first-order valence-corrected chi connectivity index (χ1v) is 11.7. The highest BCUT2D eigenvalue weighted by molar-refractivity contribution is 6.31. The van der Waals surface area contributed by atoms with Gasteiger partial charge in [0.15, 0.2) is 0 Å². The summed E-state index contributed by atoms with van der Waals surface area (Å²) in [6.45, 7) is 3.64. The molecule has 3 aromatic carbocycles. The van der Waals surface area contributed by atoms with Crippen LogP contribution < -0.4 is 14.4 Å². The summed E-state index contributed by atoms with van der Waals surface area (Å²) in [5.41, 5.74) is 3.78. The zero-order valence-electron chi connectivity index (χ0n) is 19.2. The Hall–Kier alpha value is -3.51. The van der Waals surface area contributed by atoms with Gasteiger partial charge in [0.25, 0.3) is 0 Å². The third kappa shape index (κ3) is 4.33. The molecule has 0 spiro atoms. The van der Waals surface area contributed by atoms with Crippen LogP contribution in [0.25, 0.3) is 11.0 Å². The SMILES string of the molecule is COc1ccc(OCCn2c([C@H]3CC(=O)N(c4ccc(C)c(Cl)c4)C3)nc3ccccc32)cc1. The molecule has 5 rings (SSSR count). The first-order valence-electron chi connectivity index (χ1n) is 11.3. The van der Waals surface area contributed by atoms with Crippen LogP contribution in [-0.4, -0.2) is 35.7 Å². The molecular weight excluding hydrogens is 450 g/mol. The van der Waals surface area contributed by atoms with E-state index in [1.807, 2.05) is 72.5 Å². The number of rotatable bonds is 7. The smallest absolute Gasteiger partial charge is 0.227 e. The Bertz CT molecular complexity index is 1330. The normalized spacial score (nSPS) is 15.8. The van der Waals surface area contributed by atoms with Crippen molar-refractivity contribution in [1.29, 1.82) is 0 Å². The molecule has 1 saturated heterocycles. The number of amides is 1. The van der Waals surface area contributed by atoms with Crippen molar-refractivity contribution in [2.75, 3.05) is 25.2 Å². The number of fused-ring (bicyclic) bond motifs is 1. The third-order valence-electron chi connectivity index (χ3n) is 6.28. The Labute approximate surface area is 203 Å². The Morgan fingerprint density at radius 1 is 1.06 bits per heavy atom. The number of carbonyl (C=O) groups excluding carboxylic acids is 1. The fourth-order valence-corrected chi connectivity index (χ4v) is 4.62. The molecule has 2 heterocycles. The Morgan fingerprint density at radius 2 is 1.82 bits per heavy atom. The summed E-state index contributed by atoms with van der Waals surface area (Å²) in [6, 6.07) is 21.4. The van der Waals surface area contributed by atoms with Crippen molar-refractivity contribution in [3.05, 3.63) is 83.1 Å². The fraction of sp³-hybridized carbons (Fsp3) is 0.259. The molecule has 4 aromatic rings. The van der Waals surface area contributed by atoms with E-state index in [9.17, 15) is 4.79 Å². The molecule has 7 heteroatoms. The fourth-order valence-electron chi connectivity index (χ4n) is 4.45. The van der Waals surface area contributed by atoms with Gasteiger partial charge in [0.1, 0.15) is 23.9 Å². The zero-order chi connectivity index (χ0) is 23.7. The van der Waals surface area contributed by atoms with Gasteiger partial charge in [0, 0.05) is 29.6 Å². The van der Waals surface area contributed by atoms with Crippen LogP contribution in [0.4, 0.5) is 5.69 Å². The second-order valence-electron chi connectivity index (χ2n) is 8.47. The van der Waals surface area contributed by atoms with Gasteiger partial charge < -0.3 is 18.9 Å². The maximum atomic E-state index is 12.9. The maximum absolute atomic E-state index is 12.9. The summed E-state index contributed by atoms with van der Waals surface area (Å²) >= 11 is 6.32. The molecule has 1 aliphatic heterocycles. The van der Waals surface area contributed by atoms with Gasteiger partial charge in [-0.3, -0.25) is 4.79 Å². The van der Waals surface area contributed by atoms with Crippen LogP contribution >= 0.6 is 11.6 Å². The van der Waals surface area contributed by atoms with E-state index in [0.29, 0.717) is 31.1 Å². The number of halogens is 1. The second-order valence-corrected chi connectivity index (χ2v) is 8.88. The van der Waals surface area contributed by atoms with Crippen molar-refractivity contribution >= 4 is 34.2 Å². The molecular formula is C27H26ClN3O3. The Morgan fingerprint density at radius 3 is 2.59 bits per heavy atom. The van der Waals surface area contributed by atoms with E-state index in [2.05, 4.69) is 10.6 Å². The van der Waals surface area contributed by atoms with Gasteiger partial charge in [-0.05, 0) is 61.0 Å². The lowest BCUT2D eigenvalue weighted by Gasteiger charge is -2.18. The van der Waals surface area contributed by atoms with E-state index in [1.165, 1.54) is 0 Å². The highest BCUT2D eigenvalue weighted by Crippen LogP contribution is 2.34. The summed E-state index contributed by atoms with van der Waals surface area (Å²) in [5, 5.41) is 0.664. The summed E-state index contributed by atoms with van der Waals surface area (Å²) in [6.07, 6.45) is 0.411. The molecule has 0 unspecified atom stereocenters. The van der Waals surface area contributed by atoms with Crippen LogP contribution in [0, 0.1) is 6.92 Å². The van der Waals surface area contributed by atoms with E-state index < -0.39 is 0 Å². The van der Waals surface area contributed by atoms with E-state index in [0.717, 1.165) is 39.6 Å². The van der Waals surface area contributed by atoms with Crippen molar-refractivity contribution in [2.45, 2.75) is 25.8 Å². The molecule has 1 atom stereocenters. The van der Waals surface area contributed by atoms with Gasteiger partial charge >= 0.3 is 0 Å². The molecule has 1 amide bonds. The van der Waals surface area contributed by atoms with Crippen LogP contribution in [0.2, 0.25) is 5.02 Å². The van der Waals surface area contributed by atoms with Crippen LogP contribution in [0.3, 0.4) is 0 Å². The monoisotopic (exact) mass is 475 g/mol. The van der Waals surface area contributed by atoms with Gasteiger partial charge in [-0.2, -0.15) is 0 Å². The van der Waals surface area contributed by atoms with E-state index >= 15 is 0 Å². The van der Waals surface area contributed by atoms with Gasteiger partial charge in [-0.25, -0.2) is 4.98 Å². The second kappa shape index (κ2) is 9.39. The lowest BCUT2D eigenvalue weighted by Crippen LogP contribution is -2.24. The number of hydrogen-bond acceptors (Lipinski definition) is 4. The molecule has 0 aliphatic carbocycles. The number of imidazole rings is 1. The quantitative estimate of drug-likeness (QED) is 0.349. The average molecular weight is 476 g/mol.